The Balaban J connectivity index is 1.80. The molecule has 3 aromatic heterocycles. The number of hydrogen-bond donors (Lipinski definition) is 1. The van der Waals surface area contributed by atoms with Gasteiger partial charge in [-0.2, -0.15) is 13.2 Å². The van der Waals surface area contributed by atoms with Gasteiger partial charge in [-0.15, -0.1) is 0 Å². The predicted molar refractivity (Wildman–Crippen MR) is 144 cm³/mol. The Morgan fingerprint density at radius 2 is 1.67 bits per heavy atom. The molecule has 14 heteroatoms. The molecule has 5 rings (SSSR count). The van der Waals surface area contributed by atoms with Crippen LogP contribution in [-0.4, -0.2) is 44.3 Å². The number of oxazole rings is 1. The maximum atomic E-state index is 15.0. The summed E-state index contributed by atoms with van der Waals surface area (Å²) in [6, 6.07) is 6.85. The average Bonchev–Trinajstić information content (AvgIpc) is 3.50. The van der Waals surface area contributed by atoms with Crippen molar-refractivity contribution in [3.63, 3.8) is 0 Å². The van der Waals surface area contributed by atoms with E-state index in [4.69, 9.17) is 4.42 Å². The third-order valence-corrected chi connectivity index (χ3v) is 7.67. The SMILES string of the molecule is Cc1ncc(-c2oc(C)nc2-c2cc(-c3cc(F)c(CO)c(S(C)(=O)=O)c3)ccc2-n2cc(C(F)(F)F)nc2C)cn1. The van der Waals surface area contributed by atoms with E-state index in [1.165, 1.54) is 48.1 Å². The predicted octanol–water partition coefficient (Wildman–Crippen LogP) is 5.63. The molecule has 218 valence electrons. The molecule has 2 aromatic carbocycles. The molecule has 0 radical (unpaired) electrons. The van der Waals surface area contributed by atoms with Gasteiger partial charge in [0.2, 0.25) is 0 Å². The molecule has 0 spiro atoms. The number of alkyl halides is 3. The normalized spacial score (nSPS) is 12.2. The van der Waals surface area contributed by atoms with Crippen molar-refractivity contribution in [2.45, 2.75) is 38.4 Å². The van der Waals surface area contributed by atoms with E-state index < -0.39 is 34.1 Å². The molecule has 0 aliphatic rings. The van der Waals surface area contributed by atoms with E-state index in [1.54, 1.807) is 13.8 Å². The van der Waals surface area contributed by atoms with Crippen molar-refractivity contribution in [1.82, 2.24) is 24.5 Å². The first kappa shape index (κ1) is 29.1. The summed E-state index contributed by atoms with van der Waals surface area (Å²) in [5.41, 5.74) is 0.204. The van der Waals surface area contributed by atoms with Gasteiger partial charge in [-0.05, 0) is 49.2 Å². The van der Waals surface area contributed by atoms with Gasteiger partial charge < -0.3 is 14.1 Å². The van der Waals surface area contributed by atoms with Crippen molar-refractivity contribution in [3.05, 3.63) is 83.5 Å². The van der Waals surface area contributed by atoms with Gasteiger partial charge in [0.05, 0.1) is 22.8 Å². The van der Waals surface area contributed by atoms with E-state index >= 15 is 0 Å². The van der Waals surface area contributed by atoms with E-state index in [1.807, 2.05) is 0 Å². The summed E-state index contributed by atoms with van der Waals surface area (Å²) in [5.74, 6) is 0.0832. The molecule has 3 heterocycles. The lowest BCUT2D eigenvalue weighted by atomic mass is 9.97. The zero-order chi connectivity index (χ0) is 30.6. The summed E-state index contributed by atoms with van der Waals surface area (Å²) < 4.78 is 87.6. The number of benzene rings is 2. The fourth-order valence-corrected chi connectivity index (χ4v) is 5.50. The van der Waals surface area contributed by atoms with E-state index in [0.29, 0.717) is 17.0 Å². The number of aromatic nitrogens is 5. The maximum absolute atomic E-state index is 15.0. The summed E-state index contributed by atoms with van der Waals surface area (Å²) in [4.78, 5) is 16.2. The summed E-state index contributed by atoms with van der Waals surface area (Å²) >= 11 is 0. The van der Waals surface area contributed by atoms with E-state index in [0.717, 1.165) is 18.5 Å². The van der Waals surface area contributed by atoms with Gasteiger partial charge in [-0.1, -0.05) is 6.07 Å². The van der Waals surface area contributed by atoms with Gasteiger partial charge in [-0.25, -0.2) is 32.7 Å². The Hall–Kier alpha value is -4.43. The second-order valence-electron chi connectivity index (χ2n) is 9.57. The van der Waals surface area contributed by atoms with Crippen LogP contribution in [0.25, 0.3) is 39.4 Å². The number of imidazole rings is 1. The topological polar surface area (TPSA) is 124 Å². The fourth-order valence-electron chi connectivity index (χ4n) is 4.55. The lowest BCUT2D eigenvalue weighted by Crippen LogP contribution is -2.06. The van der Waals surface area contributed by atoms with Crippen LogP contribution in [0.2, 0.25) is 0 Å². The monoisotopic (exact) mass is 601 g/mol. The first-order chi connectivity index (χ1) is 19.7. The van der Waals surface area contributed by atoms with Crippen molar-refractivity contribution < 1.29 is 35.5 Å². The number of nitrogens with zero attached hydrogens (tertiary/aromatic N) is 5. The van der Waals surface area contributed by atoms with Crippen molar-refractivity contribution in [3.8, 4) is 39.4 Å². The van der Waals surface area contributed by atoms with Crippen LogP contribution in [-0.2, 0) is 22.6 Å². The van der Waals surface area contributed by atoms with Gasteiger partial charge in [0.1, 0.15) is 23.2 Å². The van der Waals surface area contributed by atoms with Gasteiger partial charge >= 0.3 is 6.18 Å². The Bertz CT molecular complexity index is 1930. The van der Waals surface area contributed by atoms with Gasteiger partial charge in [0, 0.05) is 42.9 Å². The highest BCUT2D eigenvalue weighted by atomic mass is 32.2. The van der Waals surface area contributed by atoms with Crippen molar-refractivity contribution >= 4 is 9.84 Å². The van der Waals surface area contributed by atoms with E-state index in [9.17, 15) is 31.1 Å². The molecule has 0 bridgehead atoms. The molecular weight excluding hydrogens is 578 g/mol. The molecule has 0 amide bonds. The smallest absolute Gasteiger partial charge is 0.434 e. The highest BCUT2D eigenvalue weighted by Gasteiger charge is 2.35. The number of sulfone groups is 1. The number of halogens is 4. The highest BCUT2D eigenvalue weighted by molar-refractivity contribution is 7.90. The van der Waals surface area contributed by atoms with E-state index in [-0.39, 0.29) is 50.4 Å². The summed E-state index contributed by atoms with van der Waals surface area (Å²) in [7, 11) is -3.93. The lowest BCUT2D eigenvalue weighted by Gasteiger charge is -2.15. The first-order valence-corrected chi connectivity index (χ1v) is 14.2. The fraction of sp³-hybridized carbons (Fsp3) is 0.214. The van der Waals surface area contributed by atoms with Gasteiger partial charge in [-0.3, -0.25) is 0 Å². The minimum Gasteiger partial charge on any atom is -0.440 e. The summed E-state index contributed by atoms with van der Waals surface area (Å²) in [6.45, 7) is 3.87. The van der Waals surface area contributed by atoms with E-state index in [2.05, 4.69) is 19.9 Å². The molecule has 0 saturated carbocycles. The number of hydrogen-bond acceptors (Lipinski definition) is 8. The molecule has 0 saturated heterocycles. The molecule has 1 N–H and O–H groups in total. The average molecular weight is 602 g/mol. The van der Waals surface area contributed by atoms with Crippen LogP contribution in [0.15, 0.2) is 58.2 Å². The minimum atomic E-state index is -4.70. The molecule has 42 heavy (non-hydrogen) atoms. The number of aliphatic hydroxyl groups is 1. The standard InChI is InChI=1S/C28H23F4N5O4S/c1-14-33-10-19(11-34-14)27-26(36-16(3)41-27)20-7-17(18-8-22(29)21(13-38)24(9-18)42(4,39)40)5-6-23(20)37-12-25(28(30,31)32)35-15(37)2/h5-12,38H,13H2,1-4H3. The molecule has 0 atom stereocenters. The molecule has 0 fully saturated rings. The van der Waals surface area contributed by atoms with Gasteiger partial charge in [0.15, 0.2) is 27.2 Å². The van der Waals surface area contributed by atoms with Crippen LogP contribution in [0.1, 0.15) is 28.8 Å². The molecule has 9 nitrogen and oxygen atoms in total. The number of rotatable bonds is 6. The van der Waals surface area contributed by atoms with Crippen LogP contribution < -0.4 is 0 Å². The third kappa shape index (κ3) is 5.42. The van der Waals surface area contributed by atoms with Crippen molar-refractivity contribution in [2.24, 2.45) is 0 Å². The quantitative estimate of drug-likeness (QED) is 0.249. The Labute approximate surface area is 237 Å². The van der Waals surface area contributed by atoms with Crippen LogP contribution in [0.3, 0.4) is 0 Å². The van der Waals surface area contributed by atoms with Crippen LogP contribution in [0.5, 0.6) is 0 Å². The zero-order valence-electron chi connectivity index (χ0n) is 22.7. The summed E-state index contributed by atoms with van der Waals surface area (Å²) in [5, 5.41) is 9.60. The number of aliphatic hydroxyl groups excluding tert-OH is 1. The Kier molecular flexibility index (Phi) is 7.23. The third-order valence-electron chi connectivity index (χ3n) is 6.51. The minimum absolute atomic E-state index is 0.0365. The van der Waals surface area contributed by atoms with Crippen molar-refractivity contribution in [1.29, 1.82) is 0 Å². The lowest BCUT2D eigenvalue weighted by molar-refractivity contribution is -0.141. The molecular formula is C28H23F4N5O4S. The number of aryl methyl sites for hydroxylation is 3. The Morgan fingerprint density at radius 1 is 0.976 bits per heavy atom. The van der Waals surface area contributed by atoms with Crippen molar-refractivity contribution in [2.75, 3.05) is 6.26 Å². The van der Waals surface area contributed by atoms with Crippen LogP contribution in [0, 0.1) is 26.6 Å². The van der Waals surface area contributed by atoms with Crippen LogP contribution >= 0.6 is 0 Å². The zero-order valence-corrected chi connectivity index (χ0v) is 23.5. The maximum Gasteiger partial charge on any atom is 0.434 e. The molecule has 5 aromatic rings. The summed E-state index contributed by atoms with van der Waals surface area (Å²) in [6.07, 6.45) is 0.0845. The Morgan fingerprint density at radius 3 is 2.26 bits per heavy atom. The second-order valence-corrected chi connectivity index (χ2v) is 11.6. The molecule has 0 aliphatic heterocycles. The van der Waals surface area contributed by atoms with Gasteiger partial charge in [0.25, 0.3) is 0 Å². The molecule has 0 unspecified atom stereocenters. The second kappa shape index (κ2) is 10.4. The first-order valence-electron chi connectivity index (χ1n) is 12.4. The van der Waals surface area contributed by atoms with Crippen LogP contribution in [0.4, 0.5) is 17.6 Å². The largest absolute Gasteiger partial charge is 0.440 e. The molecule has 0 aliphatic carbocycles. The highest BCUT2D eigenvalue weighted by Crippen LogP contribution is 2.40.